The van der Waals surface area contributed by atoms with E-state index in [1.54, 1.807) is 13.8 Å². The Kier molecular flexibility index (Phi) is 7.36. The van der Waals surface area contributed by atoms with Gasteiger partial charge in [0.1, 0.15) is 5.75 Å². The molecule has 0 aliphatic heterocycles. The summed E-state index contributed by atoms with van der Waals surface area (Å²) in [6, 6.07) is 4.48. The summed E-state index contributed by atoms with van der Waals surface area (Å²) < 4.78 is 10.6. The first-order chi connectivity index (χ1) is 10.7. The molecular formula is C17H22Cl2O4. The van der Waals surface area contributed by atoms with Crippen molar-refractivity contribution in [3.63, 3.8) is 0 Å². The van der Waals surface area contributed by atoms with Crippen molar-refractivity contribution < 1.29 is 19.1 Å². The lowest BCUT2D eigenvalue weighted by Crippen LogP contribution is -2.43. The SMILES string of the molecule is CCC(CC)(C(=O)OCC(C)C)C(=O)Oc1cc(Cl)cc(Cl)c1. The number of halogens is 2. The van der Waals surface area contributed by atoms with E-state index in [1.165, 1.54) is 18.2 Å². The second-order valence-electron chi connectivity index (χ2n) is 5.78. The van der Waals surface area contributed by atoms with Gasteiger partial charge in [-0.2, -0.15) is 0 Å². The van der Waals surface area contributed by atoms with Gasteiger partial charge in [-0.3, -0.25) is 9.59 Å². The Morgan fingerprint density at radius 1 is 1.04 bits per heavy atom. The van der Waals surface area contributed by atoms with Gasteiger partial charge in [-0.15, -0.1) is 0 Å². The van der Waals surface area contributed by atoms with Crippen molar-refractivity contribution in [1.82, 2.24) is 0 Å². The van der Waals surface area contributed by atoms with Crippen molar-refractivity contribution in [3.8, 4) is 5.75 Å². The zero-order valence-electron chi connectivity index (χ0n) is 13.8. The number of hydrogen-bond acceptors (Lipinski definition) is 4. The van der Waals surface area contributed by atoms with Gasteiger partial charge in [-0.1, -0.05) is 50.9 Å². The van der Waals surface area contributed by atoms with Gasteiger partial charge in [0.2, 0.25) is 0 Å². The van der Waals surface area contributed by atoms with E-state index in [4.69, 9.17) is 32.7 Å². The van der Waals surface area contributed by atoms with E-state index >= 15 is 0 Å². The number of ether oxygens (including phenoxy) is 2. The highest BCUT2D eigenvalue weighted by atomic mass is 35.5. The van der Waals surface area contributed by atoms with Crippen molar-refractivity contribution in [2.24, 2.45) is 11.3 Å². The van der Waals surface area contributed by atoms with E-state index in [-0.39, 0.29) is 31.1 Å². The summed E-state index contributed by atoms with van der Waals surface area (Å²) in [6.07, 6.45) is 0.571. The minimum absolute atomic E-state index is 0.188. The molecule has 0 unspecified atom stereocenters. The number of carbonyl (C=O) groups excluding carboxylic acids is 2. The Bertz CT molecular complexity index is 545. The lowest BCUT2D eigenvalue weighted by molar-refractivity contribution is -0.168. The van der Waals surface area contributed by atoms with Gasteiger partial charge in [-0.25, -0.2) is 0 Å². The van der Waals surface area contributed by atoms with Crippen LogP contribution in [0.3, 0.4) is 0 Å². The van der Waals surface area contributed by atoms with Crippen LogP contribution >= 0.6 is 23.2 Å². The standard InChI is InChI=1S/C17H22Cl2O4/c1-5-17(6-2,15(20)22-10-11(3)4)16(21)23-14-8-12(18)7-13(19)9-14/h7-9,11H,5-6,10H2,1-4H3. The molecule has 0 aliphatic rings. The zero-order chi connectivity index (χ0) is 17.6. The molecule has 0 amide bonds. The molecule has 4 nitrogen and oxygen atoms in total. The number of carbonyl (C=O) groups is 2. The number of esters is 2. The van der Waals surface area contributed by atoms with Gasteiger partial charge in [0.15, 0.2) is 5.41 Å². The summed E-state index contributed by atoms with van der Waals surface area (Å²) in [4.78, 5) is 25.0. The Hall–Kier alpha value is -1.26. The third-order valence-electron chi connectivity index (χ3n) is 3.58. The summed E-state index contributed by atoms with van der Waals surface area (Å²) in [5, 5.41) is 0.697. The second-order valence-corrected chi connectivity index (χ2v) is 6.65. The summed E-state index contributed by atoms with van der Waals surface area (Å²) in [5.74, 6) is -0.826. The molecule has 0 saturated heterocycles. The highest BCUT2D eigenvalue weighted by molar-refractivity contribution is 6.34. The van der Waals surface area contributed by atoms with E-state index in [0.717, 1.165) is 0 Å². The van der Waals surface area contributed by atoms with Crippen LogP contribution in [-0.2, 0) is 14.3 Å². The van der Waals surface area contributed by atoms with Crippen LogP contribution in [0.1, 0.15) is 40.5 Å². The van der Waals surface area contributed by atoms with Crippen LogP contribution in [-0.4, -0.2) is 18.5 Å². The van der Waals surface area contributed by atoms with Crippen LogP contribution in [0.2, 0.25) is 10.0 Å². The van der Waals surface area contributed by atoms with Crippen LogP contribution in [0.4, 0.5) is 0 Å². The van der Waals surface area contributed by atoms with Crippen LogP contribution < -0.4 is 4.74 Å². The Balaban J connectivity index is 2.99. The molecule has 23 heavy (non-hydrogen) atoms. The summed E-state index contributed by atoms with van der Waals surface area (Å²) in [6.45, 7) is 7.63. The van der Waals surface area contributed by atoms with E-state index < -0.39 is 17.4 Å². The molecule has 1 aromatic rings. The molecule has 1 rings (SSSR count). The Morgan fingerprint density at radius 2 is 1.57 bits per heavy atom. The molecule has 0 fully saturated rings. The van der Waals surface area contributed by atoms with Crippen molar-refractivity contribution >= 4 is 35.1 Å². The molecule has 0 heterocycles. The van der Waals surface area contributed by atoms with Crippen molar-refractivity contribution in [2.45, 2.75) is 40.5 Å². The van der Waals surface area contributed by atoms with E-state index in [0.29, 0.717) is 10.0 Å². The smallest absolute Gasteiger partial charge is 0.328 e. The molecule has 0 spiro atoms. The molecule has 0 aromatic heterocycles. The molecule has 6 heteroatoms. The van der Waals surface area contributed by atoms with Gasteiger partial charge in [0.05, 0.1) is 6.61 Å². The maximum absolute atomic E-state index is 12.6. The predicted octanol–water partition coefficient (Wildman–Crippen LogP) is 4.90. The van der Waals surface area contributed by atoms with Gasteiger partial charge < -0.3 is 9.47 Å². The summed E-state index contributed by atoms with van der Waals surface area (Å²) in [7, 11) is 0. The molecule has 0 bridgehead atoms. The van der Waals surface area contributed by atoms with Crippen LogP contribution in [0.5, 0.6) is 5.75 Å². The molecular weight excluding hydrogens is 339 g/mol. The first kappa shape index (κ1) is 19.8. The maximum Gasteiger partial charge on any atom is 0.328 e. The lowest BCUT2D eigenvalue weighted by Gasteiger charge is -2.27. The fraction of sp³-hybridized carbons (Fsp3) is 0.529. The first-order valence-corrected chi connectivity index (χ1v) is 8.36. The minimum atomic E-state index is -1.33. The number of hydrogen-bond donors (Lipinski definition) is 0. The molecule has 1 aromatic carbocycles. The van der Waals surface area contributed by atoms with Crippen LogP contribution in [0.15, 0.2) is 18.2 Å². The molecule has 0 saturated carbocycles. The number of benzene rings is 1. The quantitative estimate of drug-likeness (QED) is 0.394. The average Bonchev–Trinajstić information content (AvgIpc) is 2.45. The molecule has 0 atom stereocenters. The normalized spacial score (nSPS) is 11.4. The highest BCUT2D eigenvalue weighted by Crippen LogP contribution is 2.32. The molecule has 128 valence electrons. The third-order valence-corrected chi connectivity index (χ3v) is 4.02. The van der Waals surface area contributed by atoms with Gasteiger partial charge in [0, 0.05) is 10.0 Å². The fourth-order valence-electron chi connectivity index (χ4n) is 2.08. The average molecular weight is 361 g/mol. The summed E-state index contributed by atoms with van der Waals surface area (Å²) >= 11 is 11.8. The minimum Gasteiger partial charge on any atom is -0.465 e. The molecule has 0 aliphatic carbocycles. The van der Waals surface area contributed by atoms with Gasteiger partial charge in [-0.05, 0) is 37.0 Å². The van der Waals surface area contributed by atoms with Crippen LogP contribution in [0, 0.1) is 11.3 Å². The maximum atomic E-state index is 12.6. The topological polar surface area (TPSA) is 52.6 Å². The third kappa shape index (κ3) is 5.11. The van der Waals surface area contributed by atoms with E-state index in [9.17, 15) is 9.59 Å². The lowest BCUT2D eigenvalue weighted by atomic mass is 9.82. The van der Waals surface area contributed by atoms with Crippen molar-refractivity contribution in [1.29, 1.82) is 0 Å². The highest BCUT2D eigenvalue weighted by Gasteiger charge is 2.46. The largest absolute Gasteiger partial charge is 0.465 e. The van der Waals surface area contributed by atoms with Crippen LogP contribution in [0.25, 0.3) is 0 Å². The molecule has 0 radical (unpaired) electrons. The molecule has 0 N–H and O–H groups in total. The second kappa shape index (κ2) is 8.55. The zero-order valence-corrected chi connectivity index (χ0v) is 15.3. The van der Waals surface area contributed by atoms with Crippen molar-refractivity contribution in [2.75, 3.05) is 6.61 Å². The van der Waals surface area contributed by atoms with Gasteiger partial charge >= 0.3 is 11.9 Å². The van der Waals surface area contributed by atoms with E-state index in [2.05, 4.69) is 0 Å². The Labute approximate surface area is 147 Å². The fourth-order valence-corrected chi connectivity index (χ4v) is 2.59. The number of rotatable bonds is 7. The van der Waals surface area contributed by atoms with E-state index in [1.807, 2.05) is 13.8 Å². The first-order valence-electron chi connectivity index (χ1n) is 7.60. The van der Waals surface area contributed by atoms with Crippen molar-refractivity contribution in [3.05, 3.63) is 28.2 Å². The van der Waals surface area contributed by atoms with Gasteiger partial charge in [0.25, 0.3) is 0 Å². The summed E-state index contributed by atoms with van der Waals surface area (Å²) in [5.41, 5.74) is -1.33. The monoisotopic (exact) mass is 360 g/mol. The predicted molar refractivity (Wildman–Crippen MR) is 90.9 cm³/mol. The Morgan fingerprint density at radius 3 is 2.00 bits per heavy atom.